The van der Waals surface area contributed by atoms with E-state index in [1.807, 2.05) is 0 Å². The fourth-order valence-corrected chi connectivity index (χ4v) is 1.34. The van der Waals surface area contributed by atoms with Gasteiger partial charge in [-0.15, -0.1) is 13.2 Å². The van der Waals surface area contributed by atoms with Gasteiger partial charge in [-0.1, -0.05) is 0 Å². The summed E-state index contributed by atoms with van der Waals surface area (Å²) in [6, 6.07) is 3.17. The van der Waals surface area contributed by atoms with Crippen LogP contribution < -0.4 is 10.1 Å². The molecule has 0 aliphatic carbocycles. The van der Waals surface area contributed by atoms with Crippen molar-refractivity contribution >= 4 is 23.6 Å². The number of hydrogen-bond acceptors (Lipinski definition) is 3. The molecule has 0 aromatic heterocycles. The summed E-state index contributed by atoms with van der Waals surface area (Å²) in [5, 5.41) is 10.8. The van der Waals surface area contributed by atoms with Crippen molar-refractivity contribution in [2.75, 3.05) is 5.32 Å². The van der Waals surface area contributed by atoms with Crippen LogP contribution in [-0.2, 0) is 9.59 Å². The number of aliphatic carboxylic acids is 1. The molecule has 2 N–H and O–H groups in total. The molecule has 20 heavy (non-hydrogen) atoms. The maximum absolute atomic E-state index is 12.1. The maximum Gasteiger partial charge on any atom is 0.573 e. The number of benzene rings is 1. The normalized spacial score (nSPS) is 11.4. The Morgan fingerprint density at radius 1 is 1.35 bits per heavy atom. The van der Waals surface area contributed by atoms with E-state index in [4.69, 9.17) is 5.11 Å². The van der Waals surface area contributed by atoms with Crippen LogP contribution in [0.5, 0.6) is 5.75 Å². The number of hydrogen-bond donors (Lipinski definition) is 2. The number of amides is 1. The van der Waals surface area contributed by atoms with Gasteiger partial charge in [-0.3, -0.25) is 4.79 Å². The minimum absolute atomic E-state index is 0.0109. The smallest absolute Gasteiger partial charge is 0.478 e. The molecule has 0 saturated carbocycles. The predicted octanol–water partition coefficient (Wildman–Crippen LogP) is 2.64. The highest BCUT2D eigenvalue weighted by atomic mass is 19.4. The summed E-state index contributed by atoms with van der Waals surface area (Å²) in [7, 11) is 0. The third kappa shape index (κ3) is 5.42. The highest BCUT2D eigenvalue weighted by molar-refractivity contribution is 5.93. The Balaban J connectivity index is 3.12. The van der Waals surface area contributed by atoms with E-state index >= 15 is 0 Å². The average Bonchev–Trinajstić information content (AvgIpc) is 2.24. The van der Waals surface area contributed by atoms with Crippen LogP contribution in [-0.4, -0.2) is 23.3 Å². The third-order valence-corrected chi connectivity index (χ3v) is 1.97. The summed E-state index contributed by atoms with van der Waals surface area (Å²) >= 11 is 0. The summed E-state index contributed by atoms with van der Waals surface area (Å²) in [6.45, 7) is 1.17. The van der Waals surface area contributed by atoms with Gasteiger partial charge in [-0.25, -0.2) is 4.79 Å². The number of carboxylic acid groups (broad SMARTS) is 1. The van der Waals surface area contributed by atoms with Gasteiger partial charge >= 0.3 is 12.3 Å². The zero-order valence-corrected chi connectivity index (χ0v) is 10.2. The number of carbonyl (C=O) groups is 2. The van der Waals surface area contributed by atoms with Gasteiger partial charge in [0.15, 0.2) is 0 Å². The van der Waals surface area contributed by atoms with Crippen molar-refractivity contribution in [1.29, 1.82) is 0 Å². The van der Waals surface area contributed by atoms with Crippen molar-refractivity contribution in [1.82, 2.24) is 0 Å². The largest absolute Gasteiger partial charge is 0.573 e. The molecule has 0 bridgehead atoms. The fraction of sp³-hybridized carbons (Fsp3) is 0.167. The van der Waals surface area contributed by atoms with Crippen LogP contribution >= 0.6 is 0 Å². The van der Waals surface area contributed by atoms with E-state index in [0.29, 0.717) is 0 Å². The Kier molecular flexibility index (Phi) is 4.73. The number of anilines is 1. The Bertz CT molecular complexity index is 552. The van der Waals surface area contributed by atoms with Gasteiger partial charge < -0.3 is 15.2 Å². The molecule has 108 valence electrons. The lowest BCUT2D eigenvalue weighted by atomic mass is 10.1. The lowest BCUT2D eigenvalue weighted by Gasteiger charge is -2.12. The van der Waals surface area contributed by atoms with Crippen LogP contribution in [0.1, 0.15) is 12.5 Å². The monoisotopic (exact) mass is 289 g/mol. The molecule has 1 aromatic carbocycles. The highest BCUT2D eigenvalue weighted by Crippen LogP contribution is 2.28. The molecule has 5 nitrogen and oxygen atoms in total. The van der Waals surface area contributed by atoms with Gasteiger partial charge in [0.25, 0.3) is 0 Å². The number of alkyl halides is 3. The number of halogens is 3. The molecule has 0 radical (unpaired) electrons. The Morgan fingerprint density at radius 3 is 2.50 bits per heavy atom. The Labute approximate surface area is 111 Å². The molecule has 0 saturated heterocycles. The average molecular weight is 289 g/mol. The van der Waals surface area contributed by atoms with Gasteiger partial charge in [0.1, 0.15) is 5.75 Å². The van der Waals surface area contributed by atoms with Crippen molar-refractivity contribution in [3.8, 4) is 5.75 Å². The summed E-state index contributed by atoms with van der Waals surface area (Å²) in [5.74, 6) is -2.26. The number of carboxylic acids is 1. The van der Waals surface area contributed by atoms with E-state index in [1.165, 1.54) is 13.0 Å². The topological polar surface area (TPSA) is 75.6 Å². The Hall–Kier alpha value is -2.51. The number of carbonyl (C=O) groups excluding carboxylic acids is 1. The Morgan fingerprint density at radius 2 is 2.00 bits per heavy atom. The molecule has 1 amide bonds. The van der Waals surface area contributed by atoms with E-state index in [1.54, 1.807) is 0 Å². The molecule has 1 aromatic rings. The predicted molar refractivity (Wildman–Crippen MR) is 64.1 cm³/mol. The lowest BCUT2D eigenvalue weighted by Crippen LogP contribution is -2.17. The van der Waals surface area contributed by atoms with Crippen LogP contribution in [0.4, 0.5) is 18.9 Å². The first kappa shape index (κ1) is 15.5. The molecule has 0 fully saturated rings. The van der Waals surface area contributed by atoms with E-state index in [0.717, 1.165) is 24.3 Å². The van der Waals surface area contributed by atoms with Crippen LogP contribution in [0.2, 0.25) is 0 Å². The quantitative estimate of drug-likeness (QED) is 0.835. The number of nitrogens with one attached hydrogen (secondary N) is 1. The summed E-state index contributed by atoms with van der Waals surface area (Å²) < 4.78 is 40.0. The van der Waals surface area contributed by atoms with E-state index in [9.17, 15) is 22.8 Å². The number of rotatable bonds is 4. The first-order valence-electron chi connectivity index (χ1n) is 5.26. The van der Waals surface area contributed by atoms with Crippen molar-refractivity contribution in [2.45, 2.75) is 13.3 Å². The molecule has 0 aliphatic heterocycles. The molecule has 8 heteroatoms. The van der Waals surface area contributed by atoms with Gasteiger partial charge in [-0.05, 0) is 23.8 Å². The molecule has 0 aliphatic rings. The zero-order valence-electron chi connectivity index (χ0n) is 10.2. The van der Waals surface area contributed by atoms with Gasteiger partial charge in [0.2, 0.25) is 5.91 Å². The van der Waals surface area contributed by atoms with Crippen LogP contribution in [0, 0.1) is 0 Å². The molecule has 1 rings (SSSR count). The molecule has 0 unspecified atom stereocenters. The standard InChI is InChI=1S/C12H10F3NO4/c1-7(17)16-10-6-9(20-12(13,14)15)4-2-8(10)3-5-11(18)19/h2-6H,1H3,(H,16,17)(H,18,19)/b5-3+. The van der Waals surface area contributed by atoms with Gasteiger partial charge in [-0.2, -0.15) is 0 Å². The minimum Gasteiger partial charge on any atom is -0.478 e. The second-order valence-electron chi connectivity index (χ2n) is 3.65. The zero-order chi connectivity index (χ0) is 15.3. The van der Waals surface area contributed by atoms with Crippen molar-refractivity contribution in [3.63, 3.8) is 0 Å². The van der Waals surface area contributed by atoms with Crippen LogP contribution in [0.15, 0.2) is 24.3 Å². The molecule has 0 atom stereocenters. The highest BCUT2D eigenvalue weighted by Gasteiger charge is 2.31. The third-order valence-electron chi connectivity index (χ3n) is 1.97. The minimum atomic E-state index is -4.86. The van der Waals surface area contributed by atoms with Crippen LogP contribution in [0.25, 0.3) is 6.08 Å². The van der Waals surface area contributed by atoms with E-state index in [2.05, 4.69) is 10.1 Å². The summed E-state index contributed by atoms with van der Waals surface area (Å²) in [6.07, 6.45) is -2.91. The van der Waals surface area contributed by atoms with Crippen molar-refractivity contribution < 1.29 is 32.6 Å². The molecular formula is C12H10F3NO4. The molecule has 0 spiro atoms. The maximum atomic E-state index is 12.1. The summed E-state index contributed by atoms with van der Waals surface area (Å²) in [4.78, 5) is 21.4. The first-order chi connectivity index (χ1) is 9.17. The summed E-state index contributed by atoms with van der Waals surface area (Å²) in [5.41, 5.74) is 0.244. The van der Waals surface area contributed by atoms with E-state index in [-0.39, 0.29) is 11.3 Å². The fourth-order valence-electron chi connectivity index (χ4n) is 1.34. The lowest BCUT2D eigenvalue weighted by molar-refractivity contribution is -0.274. The van der Waals surface area contributed by atoms with Crippen LogP contribution in [0.3, 0.4) is 0 Å². The second-order valence-corrected chi connectivity index (χ2v) is 3.65. The van der Waals surface area contributed by atoms with Crippen molar-refractivity contribution in [2.24, 2.45) is 0 Å². The van der Waals surface area contributed by atoms with Gasteiger partial charge in [0, 0.05) is 19.1 Å². The second kappa shape index (κ2) is 6.09. The molecular weight excluding hydrogens is 279 g/mol. The molecule has 0 heterocycles. The van der Waals surface area contributed by atoms with Gasteiger partial charge in [0.05, 0.1) is 5.69 Å². The van der Waals surface area contributed by atoms with Crippen molar-refractivity contribution in [3.05, 3.63) is 29.8 Å². The number of ether oxygens (including phenoxy) is 1. The SMILES string of the molecule is CC(=O)Nc1cc(OC(F)(F)F)ccc1/C=C/C(=O)O. The van der Waals surface area contributed by atoms with E-state index < -0.39 is 24.0 Å². The first-order valence-corrected chi connectivity index (χ1v) is 5.26.